The Balaban J connectivity index is 2.47. The van der Waals surface area contributed by atoms with Gasteiger partial charge in [0.05, 0.1) is 6.61 Å². The number of carbonyl (C=O) groups is 1. The maximum Gasteiger partial charge on any atom is 0.358 e. The Hall–Kier alpha value is -1.66. The van der Waals surface area contributed by atoms with E-state index in [9.17, 15) is 4.79 Å². The maximum absolute atomic E-state index is 10.8. The van der Waals surface area contributed by atoms with E-state index in [2.05, 4.69) is 21.1 Å². The normalized spacial score (nSPS) is 10.6. The predicted octanol–water partition coefficient (Wildman–Crippen LogP) is 2.95. The van der Waals surface area contributed by atoms with Crippen LogP contribution in [0.2, 0.25) is 0 Å². The van der Waals surface area contributed by atoms with Gasteiger partial charge >= 0.3 is 5.97 Å². The molecule has 0 aliphatic heterocycles. The minimum atomic E-state index is -1.12. The van der Waals surface area contributed by atoms with Gasteiger partial charge in [0.25, 0.3) is 0 Å². The quantitative estimate of drug-likeness (QED) is 0.939. The summed E-state index contributed by atoms with van der Waals surface area (Å²) in [6.45, 7) is 0.408. The second kappa shape index (κ2) is 5.32. The van der Waals surface area contributed by atoms with Crippen LogP contribution in [0.1, 0.15) is 16.1 Å². The fourth-order valence-corrected chi connectivity index (χ4v) is 1.92. The number of nitrogens with zero attached hydrogens (tertiary/aromatic N) is 1. The predicted molar refractivity (Wildman–Crippen MR) is 67.3 cm³/mol. The van der Waals surface area contributed by atoms with E-state index in [4.69, 9.17) is 14.4 Å². The molecule has 1 N–H and O–H groups in total. The molecule has 94 valence electrons. The van der Waals surface area contributed by atoms with Crippen LogP contribution < -0.4 is 0 Å². The summed E-state index contributed by atoms with van der Waals surface area (Å²) in [5.74, 6) is -0.714. The van der Waals surface area contributed by atoms with Crippen molar-refractivity contribution in [3.8, 4) is 11.3 Å². The van der Waals surface area contributed by atoms with Gasteiger partial charge in [-0.15, -0.1) is 0 Å². The Bertz CT molecular complexity index is 579. The summed E-state index contributed by atoms with van der Waals surface area (Å²) >= 11 is 3.36. The minimum Gasteiger partial charge on any atom is -0.476 e. The number of carboxylic acids is 1. The molecule has 1 aromatic carbocycles. The van der Waals surface area contributed by atoms with Crippen molar-refractivity contribution >= 4 is 21.9 Å². The van der Waals surface area contributed by atoms with Gasteiger partial charge in [-0.25, -0.2) is 4.79 Å². The standard InChI is InChI=1S/C12H10BrNO4/c1-17-6-7-2-3-8(13)4-9(7)11-5-10(12(15)16)14-18-11/h2-5H,6H2,1H3,(H,15,16). The van der Waals surface area contributed by atoms with Crippen LogP contribution in [0.3, 0.4) is 0 Å². The van der Waals surface area contributed by atoms with Crippen LogP contribution in [0.5, 0.6) is 0 Å². The van der Waals surface area contributed by atoms with E-state index in [0.717, 1.165) is 15.6 Å². The van der Waals surface area contributed by atoms with Crippen LogP contribution in [0.25, 0.3) is 11.3 Å². The van der Waals surface area contributed by atoms with Gasteiger partial charge in [-0.05, 0) is 17.7 Å². The van der Waals surface area contributed by atoms with Gasteiger partial charge < -0.3 is 14.4 Å². The molecule has 2 rings (SSSR count). The Morgan fingerprint density at radius 3 is 2.89 bits per heavy atom. The fourth-order valence-electron chi connectivity index (χ4n) is 1.56. The summed E-state index contributed by atoms with van der Waals surface area (Å²) in [4.78, 5) is 10.8. The zero-order valence-electron chi connectivity index (χ0n) is 9.51. The first-order chi connectivity index (χ1) is 8.61. The topological polar surface area (TPSA) is 72.6 Å². The molecule has 0 spiro atoms. The smallest absolute Gasteiger partial charge is 0.358 e. The Morgan fingerprint density at radius 2 is 2.28 bits per heavy atom. The summed E-state index contributed by atoms with van der Waals surface area (Å²) in [6.07, 6.45) is 0. The average Bonchev–Trinajstić information content (AvgIpc) is 2.81. The molecule has 0 saturated heterocycles. The second-order valence-electron chi connectivity index (χ2n) is 3.62. The number of aromatic carboxylic acids is 1. The zero-order valence-corrected chi connectivity index (χ0v) is 11.1. The van der Waals surface area contributed by atoms with E-state index in [1.807, 2.05) is 18.2 Å². The molecule has 0 radical (unpaired) electrons. The molecule has 0 atom stereocenters. The molecule has 1 aromatic heterocycles. The van der Waals surface area contributed by atoms with E-state index < -0.39 is 5.97 Å². The van der Waals surface area contributed by atoms with Gasteiger partial charge in [0.15, 0.2) is 11.5 Å². The van der Waals surface area contributed by atoms with Gasteiger partial charge in [-0.2, -0.15) is 0 Å². The molecule has 6 heteroatoms. The summed E-state index contributed by atoms with van der Waals surface area (Å²) < 4.78 is 11.0. The van der Waals surface area contributed by atoms with Crippen molar-refractivity contribution in [2.75, 3.05) is 7.11 Å². The highest BCUT2D eigenvalue weighted by Crippen LogP contribution is 2.28. The zero-order chi connectivity index (χ0) is 13.1. The highest BCUT2D eigenvalue weighted by molar-refractivity contribution is 9.10. The third-order valence-corrected chi connectivity index (χ3v) is 2.86. The number of hydrogen-bond donors (Lipinski definition) is 1. The first-order valence-electron chi connectivity index (χ1n) is 5.09. The molecule has 0 aliphatic rings. The number of halogens is 1. The maximum atomic E-state index is 10.8. The molecular weight excluding hydrogens is 302 g/mol. The number of ether oxygens (including phenoxy) is 1. The summed E-state index contributed by atoms with van der Waals surface area (Å²) in [5.41, 5.74) is 1.54. The van der Waals surface area contributed by atoms with Crippen LogP contribution in [-0.4, -0.2) is 23.3 Å². The molecule has 0 aliphatic carbocycles. The Kier molecular flexibility index (Phi) is 3.78. The van der Waals surface area contributed by atoms with E-state index in [0.29, 0.717) is 12.4 Å². The summed E-state index contributed by atoms with van der Waals surface area (Å²) in [7, 11) is 1.59. The number of methoxy groups -OCH3 is 1. The Morgan fingerprint density at radius 1 is 1.50 bits per heavy atom. The van der Waals surface area contributed by atoms with Gasteiger partial charge in [0.1, 0.15) is 0 Å². The minimum absolute atomic E-state index is 0.117. The van der Waals surface area contributed by atoms with Crippen molar-refractivity contribution in [2.24, 2.45) is 0 Å². The molecule has 0 unspecified atom stereocenters. The van der Waals surface area contributed by atoms with Crippen LogP contribution in [0.4, 0.5) is 0 Å². The Labute approximate surface area is 111 Å². The molecular formula is C12H10BrNO4. The van der Waals surface area contributed by atoms with Crippen molar-refractivity contribution in [3.63, 3.8) is 0 Å². The molecule has 2 aromatic rings. The van der Waals surface area contributed by atoms with Gasteiger partial charge in [0.2, 0.25) is 0 Å². The second-order valence-corrected chi connectivity index (χ2v) is 4.53. The fraction of sp³-hybridized carbons (Fsp3) is 0.167. The average molecular weight is 312 g/mol. The van der Waals surface area contributed by atoms with Gasteiger partial charge in [-0.3, -0.25) is 0 Å². The lowest BCUT2D eigenvalue weighted by Gasteiger charge is -2.06. The van der Waals surface area contributed by atoms with Crippen molar-refractivity contribution < 1.29 is 19.2 Å². The number of hydrogen-bond acceptors (Lipinski definition) is 4. The van der Waals surface area contributed by atoms with Gasteiger partial charge in [0, 0.05) is 23.2 Å². The number of aromatic nitrogens is 1. The van der Waals surface area contributed by atoms with E-state index in [-0.39, 0.29) is 5.69 Å². The van der Waals surface area contributed by atoms with E-state index in [1.165, 1.54) is 6.07 Å². The van der Waals surface area contributed by atoms with Gasteiger partial charge in [-0.1, -0.05) is 27.2 Å². The molecule has 0 bridgehead atoms. The highest BCUT2D eigenvalue weighted by Gasteiger charge is 2.15. The number of carboxylic acid groups (broad SMARTS) is 1. The van der Waals surface area contributed by atoms with E-state index >= 15 is 0 Å². The molecule has 0 amide bonds. The van der Waals surface area contributed by atoms with Crippen LogP contribution in [0, 0.1) is 0 Å². The lowest BCUT2D eigenvalue weighted by molar-refractivity contribution is 0.0686. The number of benzene rings is 1. The monoisotopic (exact) mass is 311 g/mol. The van der Waals surface area contributed by atoms with Crippen LogP contribution in [0.15, 0.2) is 33.3 Å². The highest BCUT2D eigenvalue weighted by atomic mass is 79.9. The van der Waals surface area contributed by atoms with E-state index in [1.54, 1.807) is 7.11 Å². The summed E-state index contributed by atoms with van der Waals surface area (Å²) in [5, 5.41) is 12.3. The number of rotatable bonds is 4. The molecule has 5 nitrogen and oxygen atoms in total. The SMILES string of the molecule is COCc1ccc(Br)cc1-c1cc(C(=O)O)no1. The molecule has 18 heavy (non-hydrogen) atoms. The molecule has 1 heterocycles. The third-order valence-electron chi connectivity index (χ3n) is 2.37. The van der Waals surface area contributed by atoms with Crippen LogP contribution >= 0.6 is 15.9 Å². The van der Waals surface area contributed by atoms with Crippen molar-refractivity contribution in [1.29, 1.82) is 0 Å². The first-order valence-corrected chi connectivity index (χ1v) is 5.89. The molecule has 0 saturated carbocycles. The largest absolute Gasteiger partial charge is 0.476 e. The summed E-state index contributed by atoms with van der Waals surface area (Å²) in [6, 6.07) is 6.99. The lowest BCUT2D eigenvalue weighted by Crippen LogP contribution is -1.94. The van der Waals surface area contributed by atoms with Crippen LogP contribution in [-0.2, 0) is 11.3 Å². The van der Waals surface area contributed by atoms with Crippen molar-refractivity contribution in [3.05, 3.63) is 40.0 Å². The van der Waals surface area contributed by atoms with Crippen molar-refractivity contribution in [2.45, 2.75) is 6.61 Å². The third kappa shape index (κ3) is 2.60. The first kappa shape index (κ1) is 12.8. The lowest BCUT2D eigenvalue weighted by atomic mass is 10.1. The van der Waals surface area contributed by atoms with Crippen molar-refractivity contribution in [1.82, 2.24) is 5.16 Å². The molecule has 0 fully saturated rings.